The van der Waals surface area contributed by atoms with Crippen molar-refractivity contribution in [2.45, 2.75) is 73.5 Å². The molecule has 3 fully saturated rings. The molecule has 5 N–H and O–H groups in total. The highest BCUT2D eigenvalue weighted by molar-refractivity contribution is 5.31. The summed E-state index contributed by atoms with van der Waals surface area (Å²) in [6, 6.07) is 0. The molecule has 1 aliphatic carbocycles. The number of hydrogen-bond donors (Lipinski definition) is 5. The van der Waals surface area contributed by atoms with Crippen LogP contribution in [0.15, 0.2) is 0 Å². The fourth-order valence-electron chi connectivity index (χ4n) is 4.54. The summed E-state index contributed by atoms with van der Waals surface area (Å²) in [5.74, 6) is 0. The minimum atomic E-state index is -2.25. The number of aliphatic hydroxyl groups excluding tert-OH is 4. The fraction of sp³-hybridized carbons (Fsp3) is 1.00. The molecule has 8 nitrogen and oxygen atoms in total. The molecule has 23 heavy (non-hydrogen) atoms. The van der Waals surface area contributed by atoms with Crippen molar-refractivity contribution < 1.29 is 39.7 Å². The van der Waals surface area contributed by atoms with E-state index in [-0.39, 0.29) is 26.1 Å². The van der Waals surface area contributed by atoms with Crippen LogP contribution in [0.5, 0.6) is 0 Å². The molecule has 2 aliphatic heterocycles. The molecule has 8 heteroatoms. The second-order valence-corrected chi connectivity index (χ2v) is 7.32. The van der Waals surface area contributed by atoms with E-state index in [2.05, 4.69) is 0 Å². The van der Waals surface area contributed by atoms with Gasteiger partial charge in [-0.25, -0.2) is 0 Å². The van der Waals surface area contributed by atoms with Crippen molar-refractivity contribution in [3.8, 4) is 0 Å². The third-order valence-corrected chi connectivity index (χ3v) is 6.12. The number of hydrogen-bond acceptors (Lipinski definition) is 8. The molecule has 0 amide bonds. The van der Waals surface area contributed by atoms with Gasteiger partial charge in [0.25, 0.3) is 0 Å². The Hall–Kier alpha value is -0.320. The van der Waals surface area contributed by atoms with Gasteiger partial charge in [-0.05, 0) is 13.8 Å². The van der Waals surface area contributed by atoms with Crippen molar-refractivity contribution in [1.82, 2.24) is 0 Å². The van der Waals surface area contributed by atoms with Gasteiger partial charge in [0.2, 0.25) is 0 Å². The van der Waals surface area contributed by atoms with Crippen LogP contribution in [0.3, 0.4) is 0 Å². The minimum absolute atomic E-state index is 0.213. The maximum absolute atomic E-state index is 11.2. The second kappa shape index (κ2) is 5.09. The summed E-state index contributed by atoms with van der Waals surface area (Å²) in [4.78, 5) is 0. The van der Waals surface area contributed by atoms with Gasteiger partial charge in [-0.2, -0.15) is 0 Å². The number of epoxide rings is 1. The van der Waals surface area contributed by atoms with Gasteiger partial charge in [-0.1, -0.05) is 0 Å². The SMILES string of the molecule is COC1([C@]2(O)[C@H](O)[C@H](O)[C@]3(OC3(C)C)[C@@H](O)[C@@H]2O)CCOCC1. The lowest BCUT2D eigenvalue weighted by Gasteiger charge is -2.57. The van der Waals surface area contributed by atoms with E-state index in [1.165, 1.54) is 7.11 Å². The fourth-order valence-corrected chi connectivity index (χ4v) is 4.54. The molecule has 1 spiro atoms. The van der Waals surface area contributed by atoms with Crippen LogP contribution in [-0.4, -0.2) is 92.7 Å². The van der Waals surface area contributed by atoms with Crippen LogP contribution in [0.2, 0.25) is 0 Å². The lowest BCUT2D eigenvalue weighted by atomic mass is 9.59. The summed E-state index contributed by atoms with van der Waals surface area (Å²) < 4.78 is 16.2. The molecule has 3 rings (SSSR count). The first-order chi connectivity index (χ1) is 10.6. The summed E-state index contributed by atoms with van der Waals surface area (Å²) in [5.41, 5.74) is -6.03. The maximum Gasteiger partial charge on any atom is 0.154 e. The van der Waals surface area contributed by atoms with Crippen molar-refractivity contribution in [1.29, 1.82) is 0 Å². The predicted molar refractivity (Wildman–Crippen MR) is 76.7 cm³/mol. The normalized spacial score (nSPS) is 51.7. The summed E-state index contributed by atoms with van der Waals surface area (Å²) in [7, 11) is 1.36. The molecule has 2 heterocycles. The monoisotopic (exact) mass is 334 g/mol. The van der Waals surface area contributed by atoms with Crippen LogP contribution in [0, 0.1) is 0 Å². The highest BCUT2D eigenvalue weighted by atomic mass is 16.7. The van der Waals surface area contributed by atoms with Gasteiger partial charge in [-0.3, -0.25) is 0 Å². The Morgan fingerprint density at radius 1 is 0.913 bits per heavy atom. The van der Waals surface area contributed by atoms with Crippen LogP contribution < -0.4 is 0 Å². The zero-order valence-corrected chi connectivity index (χ0v) is 13.6. The van der Waals surface area contributed by atoms with Gasteiger partial charge >= 0.3 is 0 Å². The molecule has 0 aromatic heterocycles. The molecule has 0 bridgehead atoms. The lowest BCUT2D eigenvalue weighted by Crippen LogP contribution is -2.81. The van der Waals surface area contributed by atoms with Crippen molar-refractivity contribution in [3.05, 3.63) is 0 Å². The van der Waals surface area contributed by atoms with Gasteiger partial charge in [0, 0.05) is 33.2 Å². The number of rotatable bonds is 2. The lowest BCUT2D eigenvalue weighted by molar-refractivity contribution is -0.328. The van der Waals surface area contributed by atoms with Gasteiger partial charge in [0.15, 0.2) is 11.2 Å². The molecule has 6 atom stereocenters. The Morgan fingerprint density at radius 3 is 1.70 bits per heavy atom. The van der Waals surface area contributed by atoms with E-state index in [1.807, 2.05) is 0 Å². The first-order valence-corrected chi connectivity index (χ1v) is 7.88. The topological polar surface area (TPSA) is 132 Å². The maximum atomic E-state index is 11.2. The third-order valence-electron chi connectivity index (χ3n) is 6.12. The van der Waals surface area contributed by atoms with E-state index < -0.39 is 46.8 Å². The van der Waals surface area contributed by atoms with E-state index in [9.17, 15) is 25.5 Å². The van der Waals surface area contributed by atoms with E-state index in [0.717, 1.165) is 0 Å². The van der Waals surface area contributed by atoms with E-state index in [4.69, 9.17) is 14.2 Å². The summed E-state index contributed by atoms with van der Waals surface area (Å²) in [5, 5.41) is 53.7. The molecular formula is C15H26O8. The van der Waals surface area contributed by atoms with Gasteiger partial charge < -0.3 is 39.7 Å². The predicted octanol–water partition coefficient (Wildman–Crippen LogP) is -2.08. The Kier molecular flexibility index (Phi) is 3.87. The molecule has 134 valence electrons. The molecule has 3 aliphatic rings. The zero-order valence-electron chi connectivity index (χ0n) is 13.6. The average molecular weight is 334 g/mol. The Labute approximate surface area is 134 Å². The van der Waals surface area contributed by atoms with Crippen molar-refractivity contribution in [3.63, 3.8) is 0 Å². The smallest absolute Gasteiger partial charge is 0.154 e. The molecule has 0 radical (unpaired) electrons. The van der Waals surface area contributed by atoms with Crippen LogP contribution in [0.1, 0.15) is 26.7 Å². The van der Waals surface area contributed by atoms with Crippen LogP contribution in [0.4, 0.5) is 0 Å². The molecule has 0 unspecified atom stereocenters. The average Bonchev–Trinajstić information content (AvgIpc) is 3.14. The first-order valence-electron chi connectivity index (χ1n) is 7.88. The van der Waals surface area contributed by atoms with Crippen molar-refractivity contribution in [2.75, 3.05) is 20.3 Å². The largest absolute Gasteiger partial charge is 0.387 e. The minimum Gasteiger partial charge on any atom is -0.387 e. The number of methoxy groups -OCH3 is 1. The van der Waals surface area contributed by atoms with Crippen molar-refractivity contribution >= 4 is 0 Å². The Bertz CT molecular complexity index is 456. The molecule has 1 saturated carbocycles. The molecular weight excluding hydrogens is 308 g/mol. The van der Waals surface area contributed by atoms with Crippen LogP contribution in [0.25, 0.3) is 0 Å². The molecule has 0 aromatic rings. The standard InChI is InChI=1S/C15H26O8/c1-12(2)15(23-12)10(18)8(16)14(20,9(17)11(15)19)13(21-3)4-6-22-7-5-13/h8-11,16-20H,4-7H2,1-3H3/t8-,9+,10-,11-,14+,15+/m0/s1. The van der Waals surface area contributed by atoms with Crippen LogP contribution >= 0.6 is 0 Å². The number of aliphatic hydroxyl groups is 5. The number of ether oxygens (including phenoxy) is 3. The Morgan fingerprint density at radius 2 is 1.35 bits per heavy atom. The summed E-state index contributed by atoms with van der Waals surface area (Å²) in [6.45, 7) is 3.83. The van der Waals surface area contributed by atoms with Crippen molar-refractivity contribution in [2.24, 2.45) is 0 Å². The molecule has 0 aromatic carbocycles. The van der Waals surface area contributed by atoms with E-state index in [0.29, 0.717) is 0 Å². The summed E-state index contributed by atoms with van der Waals surface area (Å²) >= 11 is 0. The quantitative estimate of drug-likeness (QED) is 0.364. The first kappa shape index (κ1) is 17.5. The highest BCUT2D eigenvalue weighted by Gasteiger charge is 2.82. The summed E-state index contributed by atoms with van der Waals surface area (Å²) in [6.07, 6.45) is -6.22. The van der Waals surface area contributed by atoms with E-state index >= 15 is 0 Å². The Balaban J connectivity index is 2.03. The van der Waals surface area contributed by atoms with Crippen LogP contribution in [-0.2, 0) is 14.2 Å². The highest BCUT2D eigenvalue weighted by Crippen LogP contribution is 2.59. The van der Waals surface area contributed by atoms with E-state index in [1.54, 1.807) is 13.8 Å². The second-order valence-electron chi connectivity index (χ2n) is 7.32. The zero-order chi connectivity index (χ0) is 17.3. The van der Waals surface area contributed by atoms with Gasteiger partial charge in [0.05, 0.1) is 5.60 Å². The van der Waals surface area contributed by atoms with Gasteiger partial charge in [0.1, 0.15) is 30.0 Å². The van der Waals surface area contributed by atoms with Gasteiger partial charge in [-0.15, -0.1) is 0 Å². The molecule has 2 saturated heterocycles. The third kappa shape index (κ3) is 1.89.